The van der Waals surface area contributed by atoms with E-state index in [-0.39, 0.29) is 5.75 Å². The van der Waals surface area contributed by atoms with Crippen molar-refractivity contribution in [2.45, 2.75) is 19.9 Å². The van der Waals surface area contributed by atoms with Crippen molar-refractivity contribution in [1.29, 1.82) is 0 Å². The molecule has 4 aromatic rings. The smallest absolute Gasteiger partial charge is 0.337 e. The molecule has 0 aliphatic carbocycles. The van der Waals surface area contributed by atoms with Crippen LogP contribution < -0.4 is 5.32 Å². The highest BCUT2D eigenvalue weighted by Gasteiger charge is 2.21. The summed E-state index contributed by atoms with van der Waals surface area (Å²) in [5.41, 5.74) is 4.42. The molecule has 0 radical (unpaired) electrons. The van der Waals surface area contributed by atoms with Crippen LogP contribution in [0.25, 0.3) is 10.9 Å². The number of aromatic nitrogens is 2. The normalized spacial score (nSPS) is 11.8. The Morgan fingerprint density at radius 3 is 2.48 bits per heavy atom. The SMILES string of the molecule is COC(=O)c1ccc([C@@H](Nc2cc(C)ccn2)c2ccc3ccc(C)nc3c2O)cc1. The van der Waals surface area contributed by atoms with Gasteiger partial charge in [-0.2, -0.15) is 0 Å². The van der Waals surface area contributed by atoms with Crippen LogP contribution in [0.1, 0.15) is 38.8 Å². The molecule has 1 atom stereocenters. The Labute approximate surface area is 180 Å². The van der Waals surface area contributed by atoms with E-state index in [0.717, 1.165) is 22.2 Å². The number of fused-ring (bicyclic) bond motifs is 1. The highest BCUT2D eigenvalue weighted by molar-refractivity contribution is 5.89. The number of carbonyl (C=O) groups excluding carboxylic acids is 1. The summed E-state index contributed by atoms with van der Waals surface area (Å²) >= 11 is 0. The van der Waals surface area contributed by atoms with E-state index in [4.69, 9.17) is 4.74 Å². The van der Waals surface area contributed by atoms with Gasteiger partial charge in [0.15, 0.2) is 0 Å². The monoisotopic (exact) mass is 413 g/mol. The van der Waals surface area contributed by atoms with Crippen LogP contribution in [-0.4, -0.2) is 28.2 Å². The van der Waals surface area contributed by atoms with Crippen LogP contribution in [0.3, 0.4) is 0 Å². The summed E-state index contributed by atoms with van der Waals surface area (Å²) in [6.45, 7) is 3.89. The Morgan fingerprint density at radius 1 is 1.03 bits per heavy atom. The van der Waals surface area contributed by atoms with Crippen molar-refractivity contribution in [1.82, 2.24) is 9.97 Å². The Hall–Kier alpha value is -3.93. The number of hydrogen-bond donors (Lipinski definition) is 2. The molecule has 0 bridgehead atoms. The second kappa shape index (κ2) is 8.44. The minimum atomic E-state index is -0.410. The van der Waals surface area contributed by atoms with E-state index in [1.807, 2.05) is 62.4 Å². The first-order chi connectivity index (χ1) is 15.0. The number of hydrogen-bond acceptors (Lipinski definition) is 6. The van der Waals surface area contributed by atoms with Crippen LogP contribution in [0.4, 0.5) is 5.82 Å². The minimum absolute atomic E-state index is 0.114. The van der Waals surface area contributed by atoms with Crippen molar-refractivity contribution in [3.05, 3.63) is 94.8 Å². The zero-order valence-electron chi connectivity index (χ0n) is 17.6. The first-order valence-electron chi connectivity index (χ1n) is 9.93. The maximum atomic E-state index is 11.8. The van der Waals surface area contributed by atoms with Gasteiger partial charge in [0.1, 0.15) is 17.1 Å². The molecular formula is C25H23N3O3. The van der Waals surface area contributed by atoms with E-state index in [1.54, 1.807) is 18.3 Å². The molecule has 2 aromatic heterocycles. The van der Waals surface area contributed by atoms with Crippen molar-refractivity contribution in [2.75, 3.05) is 12.4 Å². The molecule has 6 nitrogen and oxygen atoms in total. The molecule has 0 unspecified atom stereocenters. The molecular weight excluding hydrogens is 390 g/mol. The highest BCUT2D eigenvalue weighted by atomic mass is 16.5. The summed E-state index contributed by atoms with van der Waals surface area (Å²) < 4.78 is 4.80. The molecule has 0 saturated heterocycles. The summed E-state index contributed by atoms with van der Waals surface area (Å²) in [5, 5.41) is 15.4. The van der Waals surface area contributed by atoms with Crippen LogP contribution >= 0.6 is 0 Å². The maximum Gasteiger partial charge on any atom is 0.337 e. The zero-order valence-corrected chi connectivity index (χ0v) is 17.6. The number of phenols is 1. The molecule has 156 valence electrons. The number of phenolic OH excluding ortho intramolecular Hbond substituents is 1. The number of esters is 1. The van der Waals surface area contributed by atoms with Gasteiger partial charge in [0.25, 0.3) is 0 Å². The van der Waals surface area contributed by atoms with E-state index < -0.39 is 12.0 Å². The lowest BCUT2D eigenvalue weighted by atomic mass is 9.95. The molecule has 0 amide bonds. The van der Waals surface area contributed by atoms with E-state index in [9.17, 15) is 9.90 Å². The Bertz CT molecular complexity index is 1250. The zero-order chi connectivity index (χ0) is 22.0. The summed E-state index contributed by atoms with van der Waals surface area (Å²) in [4.78, 5) is 20.8. The fraction of sp³-hybridized carbons (Fsp3) is 0.160. The van der Waals surface area contributed by atoms with Crippen LogP contribution in [0.2, 0.25) is 0 Å². The maximum absolute atomic E-state index is 11.8. The second-order valence-corrected chi connectivity index (χ2v) is 7.44. The molecule has 2 aromatic carbocycles. The van der Waals surface area contributed by atoms with Gasteiger partial charge in [0.05, 0.1) is 18.7 Å². The van der Waals surface area contributed by atoms with Crippen molar-refractivity contribution in [2.24, 2.45) is 0 Å². The van der Waals surface area contributed by atoms with Gasteiger partial charge in [0.2, 0.25) is 0 Å². The number of benzene rings is 2. The third-order valence-corrected chi connectivity index (χ3v) is 5.19. The molecule has 31 heavy (non-hydrogen) atoms. The third kappa shape index (κ3) is 4.19. The summed E-state index contributed by atoms with van der Waals surface area (Å²) in [5.74, 6) is 0.395. The van der Waals surface area contributed by atoms with Gasteiger partial charge in [-0.25, -0.2) is 14.8 Å². The topological polar surface area (TPSA) is 84.3 Å². The number of anilines is 1. The Kier molecular flexibility index (Phi) is 5.54. The molecule has 2 N–H and O–H groups in total. The predicted molar refractivity (Wildman–Crippen MR) is 120 cm³/mol. The van der Waals surface area contributed by atoms with Crippen LogP contribution in [0.15, 0.2) is 66.9 Å². The van der Waals surface area contributed by atoms with E-state index >= 15 is 0 Å². The average molecular weight is 413 g/mol. The molecule has 6 heteroatoms. The number of aromatic hydroxyl groups is 1. The lowest BCUT2D eigenvalue weighted by Gasteiger charge is -2.22. The first-order valence-corrected chi connectivity index (χ1v) is 9.93. The van der Waals surface area contributed by atoms with E-state index in [2.05, 4.69) is 15.3 Å². The van der Waals surface area contributed by atoms with Crippen LogP contribution in [-0.2, 0) is 4.74 Å². The number of aryl methyl sites for hydroxylation is 2. The number of nitrogens with one attached hydrogen (secondary N) is 1. The van der Waals surface area contributed by atoms with E-state index in [1.165, 1.54) is 7.11 Å². The molecule has 0 spiro atoms. The summed E-state index contributed by atoms with van der Waals surface area (Å²) in [6, 6.07) is 18.2. The van der Waals surface area contributed by atoms with Gasteiger partial charge in [-0.05, 0) is 55.3 Å². The van der Waals surface area contributed by atoms with Crippen molar-refractivity contribution >= 4 is 22.7 Å². The fourth-order valence-corrected chi connectivity index (χ4v) is 3.55. The number of pyridine rings is 2. The number of ether oxygens (including phenoxy) is 1. The van der Waals surface area contributed by atoms with Crippen molar-refractivity contribution in [3.8, 4) is 5.75 Å². The third-order valence-electron chi connectivity index (χ3n) is 5.19. The Balaban J connectivity index is 1.83. The average Bonchev–Trinajstić information content (AvgIpc) is 2.78. The Morgan fingerprint density at radius 2 is 1.77 bits per heavy atom. The van der Waals surface area contributed by atoms with Gasteiger partial charge >= 0.3 is 5.97 Å². The first kappa shape index (κ1) is 20.3. The molecule has 4 rings (SSSR count). The van der Waals surface area contributed by atoms with E-state index in [0.29, 0.717) is 22.5 Å². The number of nitrogens with zero attached hydrogens (tertiary/aromatic N) is 2. The summed E-state index contributed by atoms with van der Waals surface area (Å²) in [7, 11) is 1.35. The predicted octanol–water partition coefficient (Wildman–Crippen LogP) is 4.94. The van der Waals surface area contributed by atoms with Crippen molar-refractivity contribution < 1.29 is 14.6 Å². The largest absolute Gasteiger partial charge is 0.505 e. The highest BCUT2D eigenvalue weighted by Crippen LogP contribution is 2.36. The lowest BCUT2D eigenvalue weighted by Crippen LogP contribution is -2.14. The number of rotatable bonds is 5. The van der Waals surface area contributed by atoms with Gasteiger partial charge in [-0.15, -0.1) is 0 Å². The molecule has 0 saturated carbocycles. The number of carbonyl (C=O) groups is 1. The van der Waals surface area contributed by atoms with Gasteiger partial charge in [0, 0.05) is 22.8 Å². The molecule has 0 aliphatic rings. The molecule has 0 fully saturated rings. The molecule has 2 heterocycles. The second-order valence-electron chi connectivity index (χ2n) is 7.44. The quantitative estimate of drug-likeness (QED) is 0.451. The van der Waals surface area contributed by atoms with Gasteiger partial charge < -0.3 is 15.2 Å². The van der Waals surface area contributed by atoms with Crippen LogP contribution in [0, 0.1) is 13.8 Å². The van der Waals surface area contributed by atoms with Crippen LogP contribution in [0.5, 0.6) is 5.75 Å². The minimum Gasteiger partial charge on any atom is -0.505 e. The lowest BCUT2D eigenvalue weighted by molar-refractivity contribution is 0.0600. The van der Waals surface area contributed by atoms with Crippen molar-refractivity contribution in [3.63, 3.8) is 0 Å². The summed E-state index contributed by atoms with van der Waals surface area (Å²) in [6.07, 6.45) is 1.74. The number of methoxy groups -OCH3 is 1. The fourth-order valence-electron chi connectivity index (χ4n) is 3.55. The standard InChI is InChI=1S/C25H23N3O3/c1-15-12-13-26-21(14-15)28-22(17-6-8-19(9-7-17)25(30)31-3)20-11-10-18-5-4-16(2)27-23(18)24(20)29/h4-14,22,29H,1-3H3,(H,26,28)/t22-/m1/s1. The van der Waals surface area contributed by atoms with Gasteiger partial charge in [-0.1, -0.05) is 30.3 Å². The molecule has 0 aliphatic heterocycles. The van der Waals surface area contributed by atoms with Gasteiger partial charge in [-0.3, -0.25) is 0 Å².